The summed E-state index contributed by atoms with van der Waals surface area (Å²) in [6.07, 6.45) is 0.722. The molecule has 0 saturated carbocycles. The number of amides is 2. The zero-order valence-corrected chi connectivity index (χ0v) is 16.9. The Labute approximate surface area is 172 Å². The van der Waals surface area contributed by atoms with Crippen molar-refractivity contribution in [1.82, 2.24) is 4.90 Å². The van der Waals surface area contributed by atoms with Gasteiger partial charge in [-0.2, -0.15) is 0 Å². The van der Waals surface area contributed by atoms with Crippen LogP contribution in [0.15, 0.2) is 53.5 Å². The molecule has 0 bridgehead atoms. The molecule has 3 rings (SSSR count). The second kappa shape index (κ2) is 9.12. The molecule has 28 heavy (non-hydrogen) atoms. The maximum Gasteiger partial charge on any atom is 0.231 e. The fourth-order valence-electron chi connectivity index (χ4n) is 2.73. The molecule has 2 N–H and O–H groups in total. The first-order valence-corrected chi connectivity index (χ1v) is 9.95. The lowest BCUT2D eigenvalue weighted by molar-refractivity contribution is -0.129. The van der Waals surface area contributed by atoms with Crippen molar-refractivity contribution < 1.29 is 14.3 Å². The molecule has 2 aromatic carbocycles. The van der Waals surface area contributed by atoms with Crippen molar-refractivity contribution in [1.29, 1.82) is 0 Å². The summed E-state index contributed by atoms with van der Waals surface area (Å²) in [6, 6.07) is 14.7. The van der Waals surface area contributed by atoms with Crippen molar-refractivity contribution in [2.45, 2.75) is 18.1 Å². The molecule has 2 amide bonds. The number of rotatable bonds is 6. The predicted molar refractivity (Wildman–Crippen MR) is 112 cm³/mol. The Morgan fingerprint density at radius 2 is 1.93 bits per heavy atom. The fraction of sp³-hybridized carbons (Fsp3) is 0.250. The van der Waals surface area contributed by atoms with Gasteiger partial charge in [-0.3, -0.25) is 14.5 Å². The van der Waals surface area contributed by atoms with Crippen LogP contribution in [0.2, 0.25) is 5.02 Å². The van der Waals surface area contributed by atoms with Gasteiger partial charge in [0.05, 0.1) is 18.0 Å². The molecule has 1 fully saturated rings. The van der Waals surface area contributed by atoms with Gasteiger partial charge in [-0.15, -0.1) is 0 Å². The normalized spacial score (nSPS) is 18.4. The third kappa shape index (κ3) is 5.05. The number of methoxy groups -OCH3 is 1. The van der Waals surface area contributed by atoms with Crippen molar-refractivity contribution in [3.63, 3.8) is 0 Å². The number of benzene rings is 2. The van der Waals surface area contributed by atoms with Crippen LogP contribution in [0.5, 0.6) is 5.75 Å². The van der Waals surface area contributed by atoms with Gasteiger partial charge in [0, 0.05) is 18.0 Å². The van der Waals surface area contributed by atoms with E-state index in [1.54, 1.807) is 36.3 Å². The standard InChI is InChI=1S/C20H20ClN3O3S/c1-27-16-8-2-13(3-9-16)10-11-24-18(25)12-17(19(22)26)28-20(24)23-15-6-4-14(21)5-7-15/h2-9,17H,10-12H2,1H3,(H2,22,26)/t17-/m0/s1. The zero-order valence-electron chi connectivity index (χ0n) is 15.3. The lowest BCUT2D eigenvalue weighted by Gasteiger charge is -2.31. The molecular weight excluding hydrogens is 398 g/mol. The van der Waals surface area contributed by atoms with Crippen molar-refractivity contribution in [2.75, 3.05) is 13.7 Å². The third-order valence-corrected chi connectivity index (χ3v) is 5.75. The molecule has 0 spiro atoms. The highest BCUT2D eigenvalue weighted by Crippen LogP contribution is 2.29. The summed E-state index contributed by atoms with van der Waals surface area (Å²) in [5.41, 5.74) is 7.15. The maximum absolute atomic E-state index is 12.7. The molecule has 0 aromatic heterocycles. The molecule has 146 valence electrons. The minimum atomic E-state index is -0.615. The zero-order chi connectivity index (χ0) is 20.1. The van der Waals surface area contributed by atoms with E-state index in [0.29, 0.717) is 28.8 Å². The van der Waals surface area contributed by atoms with E-state index in [1.807, 2.05) is 24.3 Å². The smallest absolute Gasteiger partial charge is 0.231 e. The Bertz CT molecular complexity index is 885. The molecule has 0 aliphatic carbocycles. The van der Waals surface area contributed by atoms with Gasteiger partial charge in [-0.25, -0.2) is 4.99 Å². The molecule has 0 unspecified atom stereocenters. The molecule has 8 heteroatoms. The summed E-state index contributed by atoms with van der Waals surface area (Å²) in [5.74, 6) is 0.100. The summed E-state index contributed by atoms with van der Waals surface area (Å²) < 4.78 is 5.17. The molecule has 2 aromatic rings. The van der Waals surface area contributed by atoms with Crippen molar-refractivity contribution in [3.8, 4) is 5.75 Å². The average Bonchev–Trinajstić information content (AvgIpc) is 2.69. The third-order valence-electron chi connectivity index (χ3n) is 4.29. The van der Waals surface area contributed by atoms with Crippen molar-refractivity contribution >= 4 is 46.0 Å². The number of ether oxygens (including phenoxy) is 1. The quantitative estimate of drug-likeness (QED) is 0.780. The Morgan fingerprint density at radius 1 is 1.25 bits per heavy atom. The number of carbonyl (C=O) groups is 2. The molecule has 1 heterocycles. The number of carbonyl (C=O) groups excluding carboxylic acids is 2. The highest BCUT2D eigenvalue weighted by molar-refractivity contribution is 8.15. The SMILES string of the molecule is COc1ccc(CCN2C(=O)C[C@@H](C(N)=O)SC2=Nc2ccc(Cl)cc2)cc1. The molecule has 6 nitrogen and oxygen atoms in total. The van der Waals surface area contributed by atoms with E-state index in [2.05, 4.69) is 4.99 Å². The van der Waals surface area contributed by atoms with Crippen LogP contribution in [-0.4, -0.2) is 40.8 Å². The van der Waals surface area contributed by atoms with Gasteiger partial charge in [0.2, 0.25) is 11.8 Å². The molecule has 1 saturated heterocycles. The maximum atomic E-state index is 12.7. The Morgan fingerprint density at radius 3 is 2.54 bits per heavy atom. The fourth-order valence-corrected chi connectivity index (χ4v) is 3.93. The van der Waals surface area contributed by atoms with E-state index < -0.39 is 11.2 Å². The van der Waals surface area contributed by atoms with E-state index in [1.165, 1.54) is 11.8 Å². The summed E-state index contributed by atoms with van der Waals surface area (Å²) in [5, 5.41) is 0.453. The number of hydrogen-bond acceptors (Lipinski definition) is 5. The van der Waals surface area contributed by atoms with Crippen LogP contribution in [0.4, 0.5) is 5.69 Å². The van der Waals surface area contributed by atoms with Gasteiger partial charge >= 0.3 is 0 Å². The van der Waals surface area contributed by atoms with Gasteiger partial charge in [-0.1, -0.05) is 35.5 Å². The summed E-state index contributed by atoms with van der Waals surface area (Å²) in [4.78, 5) is 30.5. The number of amidine groups is 1. The van der Waals surface area contributed by atoms with Gasteiger partial charge in [0.25, 0.3) is 0 Å². The summed E-state index contributed by atoms with van der Waals surface area (Å²) in [7, 11) is 1.62. The molecule has 1 aliphatic rings. The monoisotopic (exact) mass is 417 g/mol. The van der Waals surface area contributed by atoms with Gasteiger partial charge in [0.15, 0.2) is 5.17 Å². The van der Waals surface area contributed by atoms with Crippen LogP contribution >= 0.6 is 23.4 Å². The summed E-state index contributed by atoms with van der Waals surface area (Å²) in [6.45, 7) is 0.454. The van der Waals surface area contributed by atoms with E-state index in [4.69, 9.17) is 22.1 Å². The topological polar surface area (TPSA) is 85.0 Å². The highest BCUT2D eigenvalue weighted by atomic mass is 35.5. The van der Waals surface area contributed by atoms with Crippen LogP contribution in [0.25, 0.3) is 0 Å². The molecule has 1 aliphatic heterocycles. The lowest BCUT2D eigenvalue weighted by Crippen LogP contribution is -2.46. The number of hydrogen-bond donors (Lipinski definition) is 1. The minimum absolute atomic E-state index is 0.0717. The van der Waals surface area contributed by atoms with Crippen LogP contribution in [0.1, 0.15) is 12.0 Å². The van der Waals surface area contributed by atoms with Gasteiger partial charge in [-0.05, 0) is 48.4 Å². The van der Waals surface area contributed by atoms with Crippen LogP contribution in [0.3, 0.4) is 0 Å². The van der Waals surface area contributed by atoms with E-state index in [-0.39, 0.29) is 12.3 Å². The van der Waals surface area contributed by atoms with Crippen LogP contribution in [-0.2, 0) is 16.0 Å². The Hall–Kier alpha value is -2.51. The molecule has 1 atom stereocenters. The Balaban J connectivity index is 1.81. The molecule has 0 radical (unpaired) electrons. The highest BCUT2D eigenvalue weighted by Gasteiger charge is 2.34. The van der Waals surface area contributed by atoms with Gasteiger partial charge in [0.1, 0.15) is 5.75 Å². The summed E-state index contributed by atoms with van der Waals surface area (Å²) >= 11 is 7.14. The number of thioether (sulfide) groups is 1. The second-order valence-corrected chi connectivity index (χ2v) is 7.83. The Kier molecular flexibility index (Phi) is 6.59. The number of halogens is 1. The van der Waals surface area contributed by atoms with E-state index in [9.17, 15) is 9.59 Å². The number of nitrogens with two attached hydrogens (primary N) is 1. The van der Waals surface area contributed by atoms with Crippen molar-refractivity contribution in [2.24, 2.45) is 10.7 Å². The largest absolute Gasteiger partial charge is 0.497 e. The van der Waals surface area contributed by atoms with Crippen molar-refractivity contribution in [3.05, 3.63) is 59.1 Å². The number of nitrogens with zero attached hydrogens (tertiary/aromatic N) is 2. The number of aliphatic imine (C=N–C) groups is 1. The van der Waals surface area contributed by atoms with Crippen LogP contribution in [0, 0.1) is 0 Å². The second-order valence-electron chi connectivity index (χ2n) is 6.23. The van der Waals surface area contributed by atoms with Gasteiger partial charge < -0.3 is 10.5 Å². The number of primary amides is 1. The average molecular weight is 418 g/mol. The first-order valence-electron chi connectivity index (χ1n) is 8.70. The molecular formula is C20H20ClN3O3S. The lowest BCUT2D eigenvalue weighted by atomic mass is 10.1. The predicted octanol–water partition coefficient (Wildman–Crippen LogP) is 3.40. The minimum Gasteiger partial charge on any atom is -0.497 e. The van der Waals surface area contributed by atoms with Crippen LogP contribution < -0.4 is 10.5 Å². The first kappa shape index (κ1) is 20.2. The first-order chi connectivity index (χ1) is 13.5. The van der Waals surface area contributed by atoms with E-state index in [0.717, 1.165) is 11.3 Å². The van der Waals surface area contributed by atoms with E-state index >= 15 is 0 Å².